The van der Waals surface area contributed by atoms with Gasteiger partial charge in [-0.1, -0.05) is 5.16 Å². The van der Waals surface area contributed by atoms with Gasteiger partial charge in [0.2, 0.25) is 0 Å². The van der Waals surface area contributed by atoms with Crippen LogP contribution < -0.4 is 5.32 Å². The first kappa shape index (κ1) is 14.2. The van der Waals surface area contributed by atoms with Gasteiger partial charge in [-0.3, -0.25) is 0 Å². The summed E-state index contributed by atoms with van der Waals surface area (Å²) in [6.07, 6.45) is 0.707. The number of nitrogens with zero attached hydrogens (tertiary/aromatic N) is 2. The summed E-state index contributed by atoms with van der Waals surface area (Å²) < 4.78 is 19.7. The Morgan fingerprint density at radius 3 is 3.00 bits per heavy atom. The van der Waals surface area contributed by atoms with Crippen LogP contribution in [-0.2, 0) is 6.42 Å². The lowest BCUT2D eigenvalue weighted by molar-refractivity contribution is 0.419. The van der Waals surface area contributed by atoms with Crippen LogP contribution in [0.25, 0.3) is 20.9 Å². The van der Waals surface area contributed by atoms with E-state index in [0.29, 0.717) is 18.1 Å². The second kappa shape index (κ2) is 5.54. The number of halogens is 1. The molecule has 3 aromatic rings. The third-order valence-corrected chi connectivity index (χ3v) is 4.80. The van der Waals surface area contributed by atoms with E-state index in [-0.39, 0.29) is 11.9 Å². The fourth-order valence-corrected chi connectivity index (χ4v) is 3.31. The predicted octanol–water partition coefficient (Wildman–Crippen LogP) is 3.55. The number of fused-ring (bicyclic) bond motifs is 1. The molecule has 2 heterocycles. The predicted molar refractivity (Wildman–Crippen MR) is 82.0 cm³/mol. The Hall–Kier alpha value is -1.79. The number of nitrogens with one attached hydrogen (secondary N) is 1. The molecule has 0 amide bonds. The van der Waals surface area contributed by atoms with Crippen molar-refractivity contribution in [2.24, 2.45) is 0 Å². The highest BCUT2D eigenvalue weighted by Gasteiger charge is 2.17. The summed E-state index contributed by atoms with van der Waals surface area (Å²) >= 11 is 1.55. The molecule has 1 unspecified atom stereocenters. The molecule has 0 aliphatic rings. The summed E-state index contributed by atoms with van der Waals surface area (Å²) in [5.41, 5.74) is 0.978. The summed E-state index contributed by atoms with van der Waals surface area (Å²) in [5, 5.41) is 8.06. The van der Waals surface area contributed by atoms with Gasteiger partial charge in [-0.05, 0) is 50.0 Å². The molecule has 1 aromatic carbocycles. The topological polar surface area (TPSA) is 51.0 Å². The molecule has 0 bridgehead atoms. The molecule has 4 nitrogen and oxygen atoms in total. The van der Waals surface area contributed by atoms with E-state index in [0.717, 1.165) is 20.5 Å². The Bertz CT molecular complexity index is 780. The molecule has 0 aliphatic heterocycles. The number of benzene rings is 1. The van der Waals surface area contributed by atoms with Crippen molar-refractivity contribution in [3.8, 4) is 10.8 Å². The Morgan fingerprint density at radius 1 is 1.43 bits per heavy atom. The standard InChI is InChI=1S/C15H16FN3OS/c1-8(17-3)6-13-18-15(20-19-13)14-9(2)11-7-10(16)4-5-12(11)21-14/h4-5,7-8,17H,6H2,1-3H3. The van der Waals surface area contributed by atoms with Crippen molar-refractivity contribution in [3.05, 3.63) is 35.4 Å². The van der Waals surface area contributed by atoms with E-state index < -0.39 is 0 Å². The molecule has 0 spiro atoms. The first-order valence-electron chi connectivity index (χ1n) is 6.77. The van der Waals surface area contributed by atoms with Crippen LogP contribution in [0.2, 0.25) is 0 Å². The van der Waals surface area contributed by atoms with Crippen molar-refractivity contribution in [1.29, 1.82) is 0 Å². The molecular formula is C15H16FN3OS. The number of aromatic nitrogens is 2. The SMILES string of the molecule is CNC(C)Cc1noc(-c2sc3ccc(F)cc3c2C)n1. The molecule has 6 heteroatoms. The molecular weight excluding hydrogens is 289 g/mol. The lowest BCUT2D eigenvalue weighted by Crippen LogP contribution is -2.24. The molecule has 0 aliphatic carbocycles. The third-order valence-electron chi connectivity index (χ3n) is 3.54. The van der Waals surface area contributed by atoms with Gasteiger partial charge in [0.05, 0.1) is 4.88 Å². The van der Waals surface area contributed by atoms with Crippen LogP contribution in [0.15, 0.2) is 22.7 Å². The maximum Gasteiger partial charge on any atom is 0.268 e. The molecule has 0 fully saturated rings. The van der Waals surface area contributed by atoms with Crippen molar-refractivity contribution in [1.82, 2.24) is 15.5 Å². The summed E-state index contributed by atoms with van der Waals surface area (Å²) in [4.78, 5) is 5.35. The number of likely N-dealkylation sites (N-methyl/N-ethyl adjacent to an activating group) is 1. The quantitative estimate of drug-likeness (QED) is 0.801. The fourth-order valence-electron chi connectivity index (χ4n) is 2.20. The van der Waals surface area contributed by atoms with Crippen LogP contribution in [-0.4, -0.2) is 23.2 Å². The Kier molecular flexibility index (Phi) is 3.73. The summed E-state index contributed by atoms with van der Waals surface area (Å²) in [7, 11) is 1.90. The Balaban J connectivity index is 1.99. The third kappa shape index (κ3) is 2.69. The van der Waals surface area contributed by atoms with E-state index in [1.54, 1.807) is 23.5 Å². The van der Waals surface area contributed by atoms with Crippen LogP contribution in [0.1, 0.15) is 18.3 Å². The average molecular weight is 305 g/mol. The van der Waals surface area contributed by atoms with E-state index in [9.17, 15) is 4.39 Å². The summed E-state index contributed by atoms with van der Waals surface area (Å²) in [6, 6.07) is 5.08. The van der Waals surface area contributed by atoms with Crippen LogP contribution in [0.4, 0.5) is 4.39 Å². The lowest BCUT2D eigenvalue weighted by Gasteiger charge is -2.04. The molecule has 2 aromatic heterocycles. The number of rotatable bonds is 4. The summed E-state index contributed by atoms with van der Waals surface area (Å²) in [5.74, 6) is 0.950. The second-order valence-corrected chi connectivity index (χ2v) is 6.16. The fraction of sp³-hybridized carbons (Fsp3) is 0.333. The van der Waals surface area contributed by atoms with Gasteiger partial charge >= 0.3 is 0 Å². The zero-order chi connectivity index (χ0) is 15.0. The number of thiophene rings is 1. The van der Waals surface area contributed by atoms with Crippen molar-refractivity contribution < 1.29 is 8.91 Å². The number of hydrogen-bond donors (Lipinski definition) is 1. The van der Waals surface area contributed by atoms with E-state index in [2.05, 4.69) is 22.4 Å². The van der Waals surface area contributed by atoms with Crippen LogP contribution in [0.5, 0.6) is 0 Å². The van der Waals surface area contributed by atoms with E-state index >= 15 is 0 Å². The van der Waals surface area contributed by atoms with Crippen molar-refractivity contribution in [2.45, 2.75) is 26.3 Å². The van der Waals surface area contributed by atoms with Gasteiger partial charge in [0.25, 0.3) is 5.89 Å². The van der Waals surface area contributed by atoms with Gasteiger partial charge in [-0.25, -0.2) is 4.39 Å². The maximum atomic E-state index is 13.4. The Labute approximate surface area is 126 Å². The Morgan fingerprint density at radius 2 is 2.24 bits per heavy atom. The van der Waals surface area contributed by atoms with Gasteiger partial charge in [0.1, 0.15) is 5.82 Å². The minimum absolute atomic E-state index is 0.232. The molecule has 3 rings (SSSR count). The minimum atomic E-state index is -0.232. The van der Waals surface area contributed by atoms with Crippen molar-refractivity contribution in [2.75, 3.05) is 7.05 Å². The highest BCUT2D eigenvalue weighted by Crippen LogP contribution is 2.37. The second-order valence-electron chi connectivity index (χ2n) is 5.11. The molecule has 1 atom stereocenters. The molecule has 0 saturated carbocycles. The zero-order valence-corrected chi connectivity index (χ0v) is 12.9. The maximum absolute atomic E-state index is 13.4. The first-order valence-corrected chi connectivity index (χ1v) is 7.59. The van der Waals surface area contributed by atoms with Gasteiger partial charge < -0.3 is 9.84 Å². The highest BCUT2D eigenvalue weighted by molar-refractivity contribution is 7.22. The molecule has 0 radical (unpaired) electrons. The van der Waals surface area contributed by atoms with Gasteiger partial charge in [0.15, 0.2) is 5.82 Å². The van der Waals surface area contributed by atoms with Crippen molar-refractivity contribution in [3.63, 3.8) is 0 Å². The monoisotopic (exact) mass is 305 g/mol. The molecule has 21 heavy (non-hydrogen) atoms. The van der Waals surface area contributed by atoms with E-state index in [1.165, 1.54) is 6.07 Å². The average Bonchev–Trinajstić information content (AvgIpc) is 3.04. The zero-order valence-electron chi connectivity index (χ0n) is 12.1. The van der Waals surface area contributed by atoms with E-state index in [1.807, 2.05) is 14.0 Å². The van der Waals surface area contributed by atoms with Crippen LogP contribution >= 0.6 is 11.3 Å². The normalized spacial score (nSPS) is 13.0. The summed E-state index contributed by atoms with van der Waals surface area (Å²) in [6.45, 7) is 4.01. The van der Waals surface area contributed by atoms with Crippen LogP contribution in [0, 0.1) is 12.7 Å². The highest BCUT2D eigenvalue weighted by atomic mass is 32.1. The smallest absolute Gasteiger partial charge is 0.268 e. The van der Waals surface area contributed by atoms with Gasteiger partial charge in [-0.2, -0.15) is 4.98 Å². The van der Waals surface area contributed by atoms with Gasteiger partial charge in [0, 0.05) is 17.2 Å². The van der Waals surface area contributed by atoms with Crippen molar-refractivity contribution >= 4 is 21.4 Å². The van der Waals surface area contributed by atoms with Gasteiger partial charge in [-0.15, -0.1) is 11.3 Å². The molecule has 0 saturated heterocycles. The minimum Gasteiger partial charge on any atom is -0.333 e. The first-order chi connectivity index (χ1) is 10.1. The molecule has 1 N–H and O–H groups in total. The lowest BCUT2D eigenvalue weighted by atomic mass is 10.1. The van der Waals surface area contributed by atoms with Crippen LogP contribution in [0.3, 0.4) is 0 Å². The molecule has 110 valence electrons. The largest absolute Gasteiger partial charge is 0.333 e. The number of hydrogen-bond acceptors (Lipinski definition) is 5. The van der Waals surface area contributed by atoms with E-state index in [4.69, 9.17) is 4.52 Å². The number of aryl methyl sites for hydroxylation is 1.